The average molecular weight is 290 g/mol. The molecule has 1 saturated carbocycles. The lowest BCUT2D eigenvalue weighted by atomic mass is 9.95. The average Bonchev–Trinajstić information content (AvgIpc) is 2.96. The molecule has 1 aromatic heterocycles. The Kier molecular flexibility index (Phi) is 4.26. The smallest absolute Gasteiger partial charge is 0.203 e. The Morgan fingerprint density at radius 1 is 1.15 bits per heavy atom. The van der Waals surface area contributed by atoms with Gasteiger partial charge in [0, 0.05) is 30.0 Å². The molecule has 0 atom stereocenters. The second kappa shape index (κ2) is 6.31. The summed E-state index contributed by atoms with van der Waals surface area (Å²) >= 11 is 5.90. The van der Waals surface area contributed by atoms with Gasteiger partial charge in [-0.15, -0.1) is 0 Å². The zero-order chi connectivity index (χ0) is 13.8. The highest BCUT2D eigenvalue weighted by molar-refractivity contribution is 6.30. The molecule has 0 spiro atoms. The van der Waals surface area contributed by atoms with E-state index in [2.05, 4.69) is 21.1 Å². The van der Waals surface area contributed by atoms with Gasteiger partial charge in [-0.25, -0.2) is 4.98 Å². The number of nitrogens with one attached hydrogen (secondary N) is 1. The Bertz CT molecular complexity index is 541. The Morgan fingerprint density at radius 2 is 1.90 bits per heavy atom. The van der Waals surface area contributed by atoms with Gasteiger partial charge in [-0.05, 0) is 30.5 Å². The van der Waals surface area contributed by atoms with Crippen LogP contribution in [-0.4, -0.2) is 9.55 Å². The first-order valence-electron chi connectivity index (χ1n) is 7.34. The second-order valence-electron chi connectivity index (χ2n) is 5.43. The van der Waals surface area contributed by atoms with Gasteiger partial charge in [0.2, 0.25) is 5.95 Å². The molecule has 4 heteroatoms. The number of rotatable bonds is 4. The van der Waals surface area contributed by atoms with Crippen molar-refractivity contribution in [3.8, 4) is 0 Å². The van der Waals surface area contributed by atoms with Gasteiger partial charge in [-0.3, -0.25) is 0 Å². The van der Waals surface area contributed by atoms with Crippen molar-refractivity contribution < 1.29 is 0 Å². The Hall–Kier alpha value is -1.48. The third-order valence-electron chi connectivity index (χ3n) is 4.00. The van der Waals surface area contributed by atoms with Crippen molar-refractivity contribution in [2.45, 2.75) is 44.7 Å². The molecule has 0 saturated heterocycles. The van der Waals surface area contributed by atoms with Crippen molar-refractivity contribution >= 4 is 17.5 Å². The minimum absolute atomic E-state index is 0.610. The van der Waals surface area contributed by atoms with Gasteiger partial charge in [0.05, 0.1) is 0 Å². The van der Waals surface area contributed by atoms with Crippen molar-refractivity contribution in [3.05, 3.63) is 47.2 Å². The summed E-state index contributed by atoms with van der Waals surface area (Å²) in [5.41, 5.74) is 1.22. The summed E-state index contributed by atoms with van der Waals surface area (Å²) < 4.78 is 2.30. The Labute approximate surface area is 125 Å². The highest BCUT2D eigenvalue weighted by atomic mass is 35.5. The number of anilines is 1. The van der Waals surface area contributed by atoms with E-state index in [0.717, 1.165) is 17.5 Å². The molecule has 0 radical (unpaired) electrons. The third-order valence-corrected chi connectivity index (χ3v) is 4.25. The predicted octanol–water partition coefficient (Wildman–Crippen LogP) is 4.65. The Balaban J connectivity index is 1.65. The van der Waals surface area contributed by atoms with Crippen LogP contribution in [0.25, 0.3) is 0 Å². The molecule has 1 aromatic carbocycles. The van der Waals surface area contributed by atoms with Gasteiger partial charge >= 0.3 is 0 Å². The quantitative estimate of drug-likeness (QED) is 0.887. The van der Waals surface area contributed by atoms with Gasteiger partial charge in [-0.1, -0.05) is 43.0 Å². The molecule has 20 heavy (non-hydrogen) atoms. The van der Waals surface area contributed by atoms with Gasteiger partial charge in [0.25, 0.3) is 0 Å². The van der Waals surface area contributed by atoms with Crippen LogP contribution in [0.1, 0.15) is 43.7 Å². The van der Waals surface area contributed by atoms with Crippen molar-refractivity contribution in [2.75, 3.05) is 5.32 Å². The van der Waals surface area contributed by atoms with Crippen molar-refractivity contribution in [1.29, 1.82) is 0 Å². The standard InChI is InChI=1S/C16H20ClN3/c17-14-8-6-13(7-9-14)12-19-16-18-10-11-20(16)15-4-2-1-3-5-15/h6-11,15H,1-5,12H2,(H,18,19). The SMILES string of the molecule is Clc1ccc(CNc2nccn2C2CCCCC2)cc1. The number of benzene rings is 1. The van der Waals surface area contributed by atoms with E-state index in [9.17, 15) is 0 Å². The van der Waals surface area contributed by atoms with Crippen molar-refractivity contribution in [1.82, 2.24) is 9.55 Å². The highest BCUT2D eigenvalue weighted by Gasteiger charge is 2.17. The number of halogens is 1. The third kappa shape index (κ3) is 3.15. The van der Waals surface area contributed by atoms with E-state index < -0.39 is 0 Å². The molecule has 1 heterocycles. The second-order valence-corrected chi connectivity index (χ2v) is 5.87. The molecule has 1 aliphatic rings. The summed E-state index contributed by atoms with van der Waals surface area (Å²) in [5, 5.41) is 4.21. The maximum absolute atomic E-state index is 5.90. The van der Waals surface area contributed by atoms with Crippen LogP contribution in [0.3, 0.4) is 0 Å². The zero-order valence-electron chi connectivity index (χ0n) is 11.6. The minimum Gasteiger partial charge on any atom is -0.352 e. The molecule has 0 unspecified atom stereocenters. The van der Waals surface area contributed by atoms with E-state index in [0.29, 0.717) is 6.04 Å². The number of aromatic nitrogens is 2. The van der Waals surface area contributed by atoms with Crippen LogP contribution in [0.4, 0.5) is 5.95 Å². The first kappa shape index (κ1) is 13.5. The van der Waals surface area contributed by atoms with E-state index in [4.69, 9.17) is 11.6 Å². The molecule has 3 rings (SSSR count). The summed E-state index contributed by atoms with van der Waals surface area (Å²) in [6.45, 7) is 0.779. The number of hydrogen-bond acceptors (Lipinski definition) is 2. The van der Waals surface area contributed by atoms with E-state index >= 15 is 0 Å². The summed E-state index contributed by atoms with van der Waals surface area (Å²) in [5.74, 6) is 0.979. The van der Waals surface area contributed by atoms with Crippen molar-refractivity contribution in [2.24, 2.45) is 0 Å². The molecule has 3 nitrogen and oxygen atoms in total. The normalized spacial score (nSPS) is 16.2. The minimum atomic E-state index is 0.610. The molecule has 0 amide bonds. The first-order valence-corrected chi connectivity index (χ1v) is 7.72. The van der Waals surface area contributed by atoms with Crippen LogP contribution < -0.4 is 5.32 Å². The van der Waals surface area contributed by atoms with Crippen LogP contribution in [0.15, 0.2) is 36.7 Å². The molecule has 2 aromatic rings. The van der Waals surface area contributed by atoms with Gasteiger partial charge in [0.15, 0.2) is 0 Å². The molecule has 1 fully saturated rings. The summed E-state index contributed by atoms with van der Waals surface area (Å²) in [4.78, 5) is 4.45. The van der Waals surface area contributed by atoms with E-state index in [1.807, 2.05) is 30.5 Å². The number of imidazole rings is 1. The fourth-order valence-electron chi connectivity index (χ4n) is 2.89. The van der Waals surface area contributed by atoms with Crippen LogP contribution in [0.5, 0.6) is 0 Å². The molecule has 1 N–H and O–H groups in total. The fraction of sp³-hybridized carbons (Fsp3) is 0.438. The summed E-state index contributed by atoms with van der Waals surface area (Å²) in [6.07, 6.45) is 10.6. The molecule has 1 aliphatic carbocycles. The topological polar surface area (TPSA) is 29.9 Å². The fourth-order valence-corrected chi connectivity index (χ4v) is 3.01. The van der Waals surface area contributed by atoms with E-state index in [1.54, 1.807) is 0 Å². The lowest BCUT2D eigenvalue weighted by Gasteiger charge is -2.24. The van der Waals surface area contributed by atoms with Gasteiger partial charge < -0.3 is 9.88 Å². The van der Waals surface area contributed by atoms with Crippen LogP contribution in [0.2, 0.25) is 5.02 Å². The van der Waals surface area contributed by atoms with Crippen molar-refractivity contribution in [3.63, 3.8) is 0 Å². The number of hydrogen-bond donors (Lipinski definition) is 1. The summed E-state index contributed by atoms with van der Waals surface area (Å²) in [6, 6.07) is 8.55. The molecular weight excluding hydrogens is 270 g/mol. The van der Waals surface area contributed by atoms with Crippen LogP contribution >= 0.6 is 11.6 Å². The monoisotopic (exact) mass is 289 g/mol. The molecular formula is C16H20ClN3. The van der Waals surface area contributed by atoms with E-state index in [1.165, 1.54) is 37.7 Å². The zero-order valence-corrected chi connectivity index (χ0v) is 12.3. The maximum atomic E-state index is 5.90. The largest absolute Gasteiger partial charge is 0.352 e. The van der Waals surface area contributed by atoms with Crippen LogP contribution in [-0.2, 0) is 6.54 Å². The lowest BCUT2D eigenvalue weighted by molar-refractivity contribution is 0.356. The first-order chi connectivity index (χ1) is 9.83. The molecule has 0 aliphatic heterocycles. The van der Waals surface area contributed by atoms with Gasteiger partial charge in [0.1, 0.15) is 0 Å². The van der Waals surface area contributed by atoms with Crippen LogP contribution in [0, 0.1) is 0 Å². The Morgan fingerprint density at radius 3 is 2.65 bits per heavy atom. The highest BCUT2D eigenvalue weighted by Crippen LogP contribution is 2.30. The number of nitrogens with zero attached hydrogens (tertiary/aromatic N) is 2. The lowest BCUT2D eigenvalue weighted by Crippen LogP contribution is -2.15. The summed E-state index contributed by atoms with van der Waals surface area (Å²) in [7, 11) is 0. The molecule has 0 bridgehead atoms. The predicted molar refractivity (Wildman–Crippen MR) is 83.1 cm³/mol. The van der Waals surface area contributed by atoms with E-state index in [-0.39, 0.29) is 0 Å². The molecule has 106 valence electrons. The maximum Gasteiger partial charge on any atom is 0.203 e. The van der Waals surface area contributed by atoms with Gasteiger partial charge in [-0.2, -0.15) is 0 Å².